The number of nitrogen functional groups attached to an aromatic ring is 1. The van der Waals surface area contributed by atoms with E-state index in [0.717, 1.165) is 22.4 Å². The number of pyridine rings is 1. The van der Waals surface area contributed by atoms with Crippen LogP contribution in [-0.4, -0.2) is 14.9 Å². The number of nitrogens with two attached hydrogens (primary N) is 1. The first kappa shape index (κ1) is 12.8. The zero-order valence-electron chi connectivity index (χ0n) is 10.3. The van der Waals surface area contributed by atoms with Gasteiger partial charge in [0.15, 0.2) is 0 Å². The molecule has 0 spiro atoms. The molecule has 1 aromatic carbocycles. The second kappa shape index (κ2) is 5.78. The summed E-state index contributed by atoms with van der Waals surface area (Å²) in [5, 5.41) is 0. The topological polar surface area (TPSA) is 56.0 Å². The van der Waals surface area contributed by atoms with Gasteiger partial charge in [-0.3, -0.25) is 9.19 Å². The maximum atomic E-state index is 12.2. The minimum Gasteiger partial charge on any atom is -0.399 e. The third kappa shape index (κ3) is 3.17. The Morgan fingerprint density at radius 2 is 1.94 bits per heavy atom. The van der Waals surface area contributed by atoms with Crippen LogP contribution in [0.1, 0.15) is 11.1 Å². The molecule has 0 aliphatic heterocycles. The lowest BCUT2D eigenvalue weighted by Crippen LogP contribution is -2.04. The molecule has 3 nitrogen and oxygen atoms in total. The lowest BCUT2D eigenvalue weighted by atomic mass is 10.2. The SMILES string of the molecule is Cc1cc(N)ccc1S(=O)CCc1ccncc1. The van der Waals surface area contributed by atoms with Crippen LogP contribution in [0.5, 0.6) is 0 Å². The molecule has 1 atom stereocenters. The minimum absolute atomic E-state index is 0.620. The fourth-order valence-corrected chi connectivity index (χ4v) is 3.08. The van der Waals surface area contributed by atoms with Gasteiger partial charge in [0.05, 0.1) is 10.8 Å². The van der Waals surface area contributed by atoms with Crippen molar-refractivity contribution in [1.82, 2.24) is 4.98 Å². The summed E-state index contributed by atoms with van der Waals surface area (Å²) in [4.78, 5) is 4.84. The highest BCUT2D eigenvalue weighted by molar-refractivity contribution is 7.85. The predicted octanol–water partition coefficient (Wildman–Crippen LogP) is 2.32. The van der Waals surface area contributed by atoms with Gasteiger partial charge in [0, 0.05) is 28.7 Å². The molecule has 0 radical (unpaired) electrons. The molecule has 0 aliphatic rings. The molecule has 2 N–H and O–H groups in total. The molecule has 1 aromatic heterocycles. The Hall–Kier alpha value is -1.68. The van der Waals surface area contributed by atoms with Gasteiger partial charge in [-0.15, -0.1) is 0 Å². The first-order valence-corrected chi connectivity index (χ1v) is 7.12. The highest BCUT2D eigenvalue weighted by atomic mass is 32.2. The van der Waals surface area contributed by atoms with Crippen LogP contribution in [-0.2, 0) is 17.2 Å². The smallest absolute Gasteiger partial charge is 0.0535 e. The summed E-state index contributed by atoms with van der Waals surface area (Å²) in [7, 11) is -0.980. The molecule has 4 heteroatoms. The van der Waals surface area contributed by atoms with Crippen molar-refractivity contribution >= 4 is 16.5 Å². The van der Waals surface area contributed by atoms with Gasteiger partial charge < -0.3 is 5.73 Å². The van der Waals surface area contributed by atoms with E-state index in [4.69, 9.17) is 5.73 Å². The Kier molecular flexibility index (Phi) is 4.10. The molecule has 18 heavy (non-hydrogen) atoms. The molecule has 2 rings (SSSR count). The first-order chi connectivity index (χ1) is 8.66. The summed E-state index contributed by atoms with van der Waals surface area (Å²) in [5.74, 6) is 0.620. The molecular weight excluding hydrogens is 244 g/mol. The first-order valence-electron chi connectivity index (χ1n) is 5.80. The number of aromatic nitrogens is 1. The standard InChI is InChI=1S/C14H16N2OS/c1-11-10-13(15)2-3-14(11)18(17)9-6-12-4-7-16-8-5-12/h2-5,7-8,10H,6,9,15H2,1H3. The summed E-state index contributed by atoms with van der Waals surface area (Å²) in [5.41, 5.74) is 8.55. The number of nitrogens with zero attached hydrogens (tertiary/aromatic N) is 1. The van der Waals surface area contributed by atoms with Crippen LogP contribution < -0.4 is 5.73 Å². The van der Waals surface area contributed by atoms with E-state index in [9.17, 15) is 4.21 Å². The van der Waals surface area contributed by atoms with Crippen LogP contribution in [0.2, 0.25) is 0 Å². The Morgan fingerprint density at radius 3 is 2.61 bits per heavy atom. The Bertz CT molecular complexity index is 555. The van der Waals surface area contributed by atoms with E-state index in [-0.39, 0.29) is 0 Å². The van der Waals surface area contributed by atoms with Crippen molar-refractivity contribution in [3.63, 3.8) is 0 Å². The number of rotatable bonds is 4. The van der Waals surface area contributed by atoms with Crippen LogP contribution in [0.15, 0.2) is 47.6 Å². The number of hydrogen-bond donors (Lipinski definition) is 1. The minimum atomic E-state index is -0.980. The van der Waals surface area contributed by atoms with Gasteiger partial charge in [-0.2, -0.15) is 0 Å². The molecule has 0 saturated carbocycles. The third-order valence-electron chi connectivity index (χ3n) is 2.77. The van der Waals surface area contributed by atoms with Crippen molar-refractivity contribution in [2.24, 2.45) is 0 Å². The molecule has 0 saturated heterocycles. The fourth-order valence-electron chi connectivity index (χ4n) is 1.80. The van der Waals surface area contributed by atoms with Gasteiger partial charge in [-0.25, -0.2) is 0 Å². The average molecular weight is 260 g/mol. The molecule has 1 heterocycles. The molecule has 0 amide bonds. The zero-order valence-corrected chi connectivity index (χ0v) is 11.1. The number of anilines is 1. The molecular formula is C14H16N2OS. The highest BCUT2D eigenvalue weighted by Crippen LogP contribution is 2.17. The van der Waals surface area contributed by atoms with E-state index in [1.54, 1.807) is 18.5 Å². The number of hydrogen-bond acceptors (Lipinski definition) is 3. The van der Waals surface area contributed by atoms with Gasteiger partial charge in [-0.1, -0.05) is 0 Å². The average Bonchev–Trinajstić information content (AvgIpc) is 2.37. The van der Waals surface area contributed by atoms with E-state index in [1.807, 2.05) is 31.2 Å². The highest BCUT2D eigenvalue weighted by Gasteiger charge is 2.07. The summed E-state index contributed by atoms with van der Waals surface area (Å²) in [6.45, 7) is 1.94. The fraction of sp³-hybridized carbons (Fsp3) is 0.214. The largest absolute Gasteiger partial charge is 0.399 e. The van der Waals surface area contributed by atoms with Gasteiger partial charge in [-0.05, 0) is 54.8 Å². The summed E-state index contributed by atoms with van der Waals surface area (Å²) in [6, 6.07) is 9.42. The molecule has 0 bridgehead atoms. The van der Waals surface area contributed by atoms with Crippen molar-refractivity contribution in [3.05, 3.63) is 53.9 Å². The van der Waals surface area contributed by atoms with E-state index in [2.05, 4.69) is 4.98 Å². The van der Waals surface area contributed by atoms with Crippen LogP contribution in [0, 0.1) is 6.92 Å². The molecule has 94 valence electrons. The van der Waals surface area contributed by atoms with Crippen molar-refractivity contribution in [3.8, 4) is 0 Å². The zero-order chi connectivity index (χ0) is 13.0. The summed E-state index contributed by atoms with van der Waals surface area (Å²) < 4.78 is 12.2. The second-order valence-corrected chi connectivity index (χ2v) is 5.72. The quantitative estimate of drug-likeness (QED) is 0.858. The van der Waals surface area contributed by atoms with E-state index in [1.165, 1.54) is 0 Å². The van der Waals surface area contributed by atoms with Crippen LogP contribution >= 0.6 is 0 Å². The normalized spacial score (nSPS) is 12.3. The molecule has 1 unspecified atom stereocenters. The van der Waals surface area contributed by atoms with Gasteiger partial charge >= 0.3 is 0 Å². The van der Waals surface area contributed by atoms with Crippen molar-refractivity contribution < 1.29 is 4.21 Å². The maximum absolute atomic E-state index is 12.2. The third-order valence-corrected chi connectivity index (χ3v) is 4.29. The Balaban J connectivity index is 2.04. The lowest BCUT2D eigenvalue weighted by Gasteiger charge is -2.07. The summed E-state index contributed by atoms with van der Waals surface area (Å²) in [6.07, 6.45) is 4.30. The van der Waals surface area contributed by atoms with E-state index in [0.29, 0.717) is 11.4 Å². The predicted molar refractivity (Wildman–Crippen MR) is 74.8 cm³/mol. The van der Waals surface area contributed by atoms with Crippen molar-refractivity contribution in [2.75, 3.05) is 11.5 Å². The maximum Gasteiger partial charge on any atom is 0.0535 e. The number of benzene rings is 1. The van der Waals surface area contributed by atoms with Crippen molar-refractivity contribution in [1.29, 1.82) is 0 Å². The van der Waals surface area contributed by atoms with Gasteiger partial charge in [0.1, 0.15) is 0 Å². The number of aryl methyl sites for hydroxylation is 2. The van der Waals surface area contributed by atoms with Crippen LogP contribution in [0.25, 0.3) is 0 Å². The Labute approximate surface area is 110 Å². The van der Waals surface area contributed by atoms with E-state index >= 15 is 0 Å². The Morgan fingerprint density at radius 1 is 1.22 bits per heavy atom. The van der Waals surface area contributed by atoms with E-state index < -0.39 is 10.8 Å². The van der Waals surface area contributed by atoms with Crippen molar-refractivity contribution in [2.45, 2.75) is 18.2 Å². The monoisotopic (exact) mass is 260 g/mol. The molecule has 0 fully saturated rings. The second-order valence-electron chi connectivity index (χ2n) is 4.18. The summed E-state index contributed by atoms with van der Waals surface area (Å²) >= 11 is 0. The van der Waals surface area contributed by atoms with Gasteiger partial charge in [0.2, 0.25) is 0 Å². The molecule has 0 aliphatic carbocycles. The van der Waals surface area contributed by atoms with Crippen LogP contribution in [0.3, 0.4) is 0 Å². The molecule has 2 aromatic rings. The lowest BCUT2D eigenvalue weighted by molar-refractivity contribution is 0.682. The van der Waals surface area contributed by atoms with Crippen LogP contribution in [0.4, 0.5) is 5.69 Å². The van der Waals surface area contributed by atoms with Gasteiger partial charge in [0.25, 0.3) is 0 Å².